The van der Waals surface area contributed by atoms with E-state index in [1.54, 1.807) is 0 Å². The molecule has 0 radical (unpaired) electrons. The number of likely N-dealkylation sites (tertiary alicyclic amines) is 1. The van der Waals surface area contributed by atoms with Gasteiger partial charge in [-0.25, -0.2) is 4.98 Å². The van der Waals surface area contributed by atoms with Gasteiger partial charge in [-0.1, -0.05) is 30.3 Å². The SMILES string of the molecule is Cc1c(C(=O)N2CCC[C@@H](c3nc4c(C)cccc4[nH]3)C2)[nH]c2ccccc12. The van der Waals surface area contributed by atoms with Crippen LogP contribution in [0, 0.1) is 13.8 Å². The molecule has 2 aromatic carbocycles. The zero-order valence-corrected chi connectivity index (χ0v) is 16.2. The van der Waals surface area contributed by atoms with Crippen LogP contribution in [-0.4, -0.2) is 38.8 Å². The van der Waals surface area contributed by atoms with Crippen molar-refractivity contribution in [2.45, 2.75) is 32.6 Å². The number of fused-ring (bicyclic) bond motifs is 2. The number of hydrogen-bond donors (Lipinski definition) is 2. The van der Waals surface area contributed by atoms with E-state index in [-0.39, 0.29) is 11.8 Å². The van der Waals surface area contributed by atoms with E-state index in [1.807, 2.05) is 30.0 Å². The number of para-hydroxylation sites is 2. The molecule has 0 unspecified atom stereocenters. The lowest BCUT2D eigenvalue weighted by molar-refractivity contribution is 0.0699. The van der Waals surface area contributed by atoms with Crippen LogP contribution in [0.5, 0.6) is 0 Å². The molecule has 5 nitrogen and oxygen atoms in total. The number of imidazole rings is 1. The Labute approximate surface area is 163 Å². The molecule has 1 amide bonds. The second-order valence-corrected chi connectivity index (χ2v) is 7.85. The van der Waals surface area contributed by atoms with Gasteiger partial charge in [0.1, 0.15) is 11.5 Å². The minimum Gasteiger partial charge on any atom is -0.350 e. The van der Waals surface area contributed by atoms with E-state index in [1.165, 1.54) is 5.56 Å². The molecule has 1 aliphatic heterocycles. The van der Waals surface area contributed by atoms with Gasteiger partial charge in [0.25, 0.3) is 5.91 Å². The predicted molar refractivity (Wildman–Crippen MR) is 112 cm³/mol. The molecule has 4 aromatic rings. The minimum atomic E-state index is 0.0886. The monoisotopic (exact) mass is 372 g/mol. The first-order valence-corrected chi connectivity index (χ1v) is 9.93. The van der Waals surface area contributed by atoms with Crippen LogP contribution in [0.2, 0.25) is 0 Å². The van der Waals surface area contributed by atoms with Crippen molar-refractivity contribution in [1.82, 2.24) is 19.9 Å². The molecule has 1 aliphatic rings. The maximum atomic E-state index is 13.3. The number of benzene rings is 2. The summed E-state index contributed by atoms with van der Waals surface area (Å²) in [6, 6.07) is 14.3. The first-order chi connectivity index (χ1) is 13.6. The maximum absolute atomic E-state index is 13.3. The van der Waals surface area contributed by atoms with Crippen molar-refractivity contribution in [3.05, 3.63) is 65.1 Å². The van der Waals surface area contributed by atoms with Crippen LogP contribution in [0.1, 0.15) is 46.2 Å². The summed E-state index contributed by atoms with van der Waals surface area (Å²) in [5.41, 5.74) is 6.05. The van der Waals surface area contributed by atoms with E-state index < -0.39 is 0 Å². The molecule has 0 aliphatic carbocycles. The molecule has 0 bridgehead atoms. The molecule has 0 spiro atoms. The highest BCUT2D eigenvalue weighted by atomic mass is 16.2. The second-order valence-electron chi connectivity index (χ2n) is 7.85. The molecule has 28 heavy (non-hydrogen) atoms. The van der Waals surface area contributed by atoms with Crippen molar-refractivity contribution in [2.75, 3.05) is 13.1 Å². The molecule has 2 N–H and O–H groups in total. The summed E-state index contributed by atoms with van der Waals surface area (Å²) in [5.74, 6) is 1.33. The van der Waals surface area contributed by atoms with Gasteiger partial charge in [-0.15, -0.1) is 0 Å². The Hall–Kier alpha value is -3.08. The van der Waals surface area contributed by atoms with Gasteiger partial charge >= 0.3 is 0 Å². The largest absolute Gasteiger partial charge is 0.350 e. The zero-order chi connectivity index (χ0) is 19.3. The fourth-order valence-corrected chi connectivity index (χ4v) is 4.43. The van der Waals surface area contributed by atoms with E-state index >= 15 is 0 Å². The highest BCUT2D eigenvalue weighted by Gasteiger charge is 2.29. The van der Waals surface area contributed by atoms with Crippen molar-refractivity contribution < 1.29 is 4.79 Å². The van der Waals surface area contributed by atoms with Crippen molar-refractivity contribution in [2.24, 2.45) is 0 Å². The molecule has 3 heterocycles. The molecule has 5 rings (SSSR count). The standard InChI is InChI=1S/C23H24N4O/c1-14-7-5-11-19-20(14)26-22(25-19)16-8-6-12-27(13-16)23(28)21-15(2)17-9-3-4-10-18(17)24-21/h3-5,7,9-11,16,24H,6,8,12-13H2,1-2H3,(H,25,26)/t16-/m1/s1. The molecular formula is C23H24N4O. The van der Waals surface area contributed by atoms with Crippen LogP contribution in [0.4, 0.5) is 0 Å². The number of aromatic nitrogens is 3. The minimum absolute atomic E-state index is 0.0886. The third-order valence-corrected chi connectivity index (χ3v) is 6.01. The first-order valence-electron chi connectivity index (χ1n) is 9.93. The lowest BCUT2D eigenvalue weighted by Crippen LogP contribution is -2.39. The summed E-state index contributed by atoms with van der Waals surface area (Å²) in [4.78, 5) is 26.9. The van der Waals surface area contributed by atoms with Gasteiger partial charge in [0.2, 0.25) is 0 Å². The first kappa shape index (κ1) is 17.0. The molecule has 0 saturated carbocycles. The number of carbonyl (C=O) groups excluding carboxylic acids is 1. The van der Waals surface area contributed by atoms with Crippen molar-refractivity contribution in [3.63, 3.8) is 0 Å². The van der Waals surface area contributed by atoms with E-state index in [2.05, 4.69) is 41.2 Å². The fourth-order valence-electron chi connectivity index (χ4n) is 4.43. The van der Waals surface area contributed by atoms with Crippen molar-refractivity contribution in [3.8, 4) is 0 Å². The molecule has 142 valence electrons. The van der Waals surface area contributed by atoms with Crippen molar-refractivity contribution >= 4 is 27.8 Å². The summed E-state index contributed by atoms with van der Waals surface area (Å²) < 4.78 is 0. The summed E-state index contributed by atoms with van der Waals surface area (Å²) in [7, 11) is 0. The van der Waals surface area contributed by atoms with E-state index in [4.69, 9.17) is 4.98 Å². The van der Waals surface area contributed by atoms with Crippen LogP contribution in [0.25, 0.3) is 21.9 Å². The number of piperidine rings is 1. The van der Waals surface area contributed by atoms with Gasteiger partial charge < -0.3 is 14.9 Å². The van der Waals surface area contributed by atoms with Crippen LogP contribution < -0.4 is 0 Å². The smallest absolute Gasteiger partial charge is 0.270 e. The van der Waals surface area contributed by atoms with Crippen LogP contribution in [-0.2, 0) is 0 Å². The number of aromatic amines is 2. The van der Waals surface area contributed by atoms with E-state index in [0.29, 0.717) is 12.2 Å². The molecule has 2 aromatic heterocycles. The van der Waals surface area contributed by atoms with Gasteiger partial charge in [0, 0.05) is 29.9 Å². The topological polar surface area (TPSA) is 64.8 Å². The van der Waals surface area contributed by atoms with Gasteiger partial charge in [0.05, 0.1) is 11.0 Å². The van der Waals surface area contributed by atoms with Gasteiger partial charge in [-0.2, -0.15) is 0 Å². The molecule has 5 heteroatoms. The summed E-state index contributed by atoms with van der Waals surface area (Å²) >= 11 is 0. The number of nitrogens with one attached hydrogen (secondary N) is 2. The quantitative estimate of drug-likeness (QED) is 0.536. The number of carbonyl (C=O) groups is 1. The highest BCUT2D eigenvalue weighted by Crippen LogP contribution is 2.29. The lowest BCUT2D eigenvalue weighted by Gasteiger charge is -2.31. The van der Waals surface area contributed by atoms with Crippen LogP contribution >= 0.6 is 0 Å². The normalized spacial score (nSPS) is 17.5. The Bertz CT molecular complexity index is 1190. The molecule has 1 saturated heterocycles. The van der Waals surface area contributed by atoms with Crippen LogP contribution in [0.15, 0.2) is 42.5 Å². The highest BCUT2D eigenvalue weighted by molar-refractivity contribution is 6.01. The average molecular weight is 372 g/mol. The third-order valence-electron chi connectivity index (χ3n) is 6.01. The number of aryl methyl sites for hydroxylation is 2. The number of H-pyrrole nitrogens is 2. The maximum Gasteiger partial charge on any atom is 0.270 e. The van der Waals surface area contributed by atoms with Gasteiger partial charge in [-0.3, -0.25) is 4.79 Å². The Balaban J connectivity index is 1.43. The lowest BCUT2D eigenvalue weighted by atomic mass is 9.97. The Kier molecular flexibility index (Phi) is 3.97. The number of hydrogen-bond acceptors (Lipinski definition) is 2. The number of nitrogens with zero attached hydrogens (tertiary/aromatic N) is 2. The average Bonchev–Trinajstić information content (AvgIpc) is 3.31. The van der Waals surface area contributed by atoms with Gasteiger partial charge in [0.15, 0.2) is 0 Å². The summed E-state index contributed by atoms with van der Waals surface area (Å²) in [6.07, 6.45) is 2.04. The van der Waals surface area contributed by atoms with E-state index in [0.717, 1.165) is 52.7 Å². The van der Waals surface area contributed by atoms with Gasteiger partial charge in [-0.05, 0) is 49.9 Å². The summed E-state index contributed by atoms with van der Waals surface area (Å²) in [5, 5.41) is 1.12. The Morgan fingerprint density at radius 2 is 1.89 bits per heavy atom. The molecular weight excluding hydrogens is 348 g/mol. The fraction of sp³-hybridized carbons (Fsp3) is 0.304. The Morgan fingerprint density at radius 1 is 1.07 bits per heavy atom. The van der Waals surface area contributed by atoms with Crippen molar-refractivity contribution in [1.29, 1.82) is 0 Å². The second kappa shape index (κ2) is 6.51. The summed E-state index contributed by atoms with van der Waals surface area (Å²) in [6.45, 7) is 5.60. The zero-order valence-electron chi connectivity index (χ0n) is 16.2. The predicted octanol–water partition coefficient (Wildman–Crippen LogP) is 4.68. The number of rotatable bonds is 2. The van der Waals surface area contributed by atoms with E-state index in [9.17, 15) is 4.79 Å². The molecule has 1 fully saturated rings. The Morgan fingerprint density at radius 3 is 2.71 bits per heavy atom. The third kappa shape index (κ3) is 2.70. The van der Waals surface area contributed by atoms with Crippen LogP contribution in [0.3, 0.4) is 0 Å². The number of amides is 1. The molecule has 1 atom stereocenters.